The first-order valence-corrected chi connectivity index (χ1v) is 9.78. The highest BCUT2D eigenvalue weighted by atomic mass is 16.1. The third kappa shape index (κ3) is 9.58. The molecule has 1 unspecified atom stereocenters. The summed E-state index contributed by atoms with van der Waals surface area (Å²) in [4.78, 5) is 13.4. The second kappa shape index (κ2) is 14.2. The molecular weight excluding hydrogens is 272 g/mol. The first kappa shape index (κ1) is 19.6. The van der Waals surface area contributed by atoms with Gasteiger partial charge in [0, 0.05) is 19.6 Å². The standard InChI is InChI=1S/C19H38N2O/c1-2-3-4-5-6-7-8-9-10-11-12-13-15-21-16-14-20-17-19(21)18-22/h18-20H,2-17H2,1H3. The van der Waals surface area contributed by atoms with Gasteiger partial charge in [0.1, 0.15) is 6.29 Å². The van der Waals surface area contributed by atoms with E-state index in [1.165, 1.54) is 77.0 Å². The van der Waals surface area contributed by atoms with Gasteiger partial charge in [-0.3, -0.25) is 4.90 Å². The summed E-state index contributed by atoms with van der Waals surface area (Å²) in [6, 6.07) is 0.112. The van der Waals surface area contributed by atoms with Crippen LogP contribution in [0.25, 0.3) is 0 Å². The van der Waals surface area contributed by atoms with Crippen LogP contribution >= 0.6 is 0 Å². The smallest absolute Gasteiger partial charge is 0.138 e. The molecule has 1 heterocycles. The Labute approximate surface area is 138 Å². The highest BCUT2D eigenvalue weighted by Crippen LogP contribution is 2.12. The van der Waals surface area contributed by atoms with Crippen molar-refractivity contribution in [2.75, 3.05) is 26.2 Å². The van der Waals surface area contributed by atoms with Gasteiger partial charge < -0.3 is 10.1 Å². The second-order valence-electron chi connectivity index (χ2n) is 6.83. The number of piperazine rings is 1. The molecule has 1 rings (SSSR count). The zero-order valence-electron chi connectivity index (χ0n) is 14.8. The molecule has 0 spiro atoms. The Kier molecular flexibility index (Phi) is 12.7. The third-order valence-corrected chi connectivity index (χ3v) is 4.85. The van der Waals surface area contributed by atoms with E-state index in [0.717, 1.165) is 32.5 Å². The Morgan fingerprint density at radius 2 is 1.45 bits per heavy atom. The Balaban J connectivity index is 1.82. The number of aldehydes is 1. The summed E-state index contributed by atoms with van der Waals surface area (Å²) < 4.78 is 0. The summed E-state index contributed by atoms with van der Waals surface area (Å²) in [6.07, 6.45) is 17.8. The number of rotatable bonds is 14. The molecule has 3 nitrogen and oxygen atoms in total. The molecule has 0 aromatic carbocycles. The van der Waals surface area contributed by atoms with E-state index in [-0.39, 0.29) is 6.04 Å². The van der Waals surface area contributed by atoms with Crippen LogP contribution in [0.2, 0.25) is 0 Å². The van der Waals surface area contributed by atoms with Gasteiger partial charge >= 0.3 is 0 Å². The van der Waals surface area contributed by atoms with E-state index >= 15 is 0 Å². The van der Waals surface area contributed by atoms with Crippen molar-refractivity contribution < 1.29 is 4.79 Å². The molecule has 130 valence electrons. The van der Waals surface area contributed by atoms with Crippen LogP contribution in [-0.4, -0.2) is 43.4 Å². The zero-order chi connectivity index (χ0) is 15.9. The minimum atomic E-state index is 0.112. The Hall–Kier alpha value is -0.410. The summed E-state index contributed by atoms with van der Waals surface area (Å²) in [5.41, 5.74) is 0. The molecule has 0 aromatic heterocycles. The van der Waals surface area contributed by atoms with Crippen LogP contribution in [-0.2, 0) is 4.79 Å². The maximum absolute atomic E-state index is 11.0. The molecule has 1 atom stereocenters. The van der Waals surface area contributed by atoms with Crippen molar-refractivity contribution in [1.29, 1.82) is 0 Å². The van der Waals surface area contributed by atoms with Gasteiger partial charge in [0.05, 0.1) is 6.04 Å². The van der Waals surface area contributed by atoms with Gasteiger partial charge in [0.25, 0.3) is 0 Å². The van der Waals surface area contributed by atoms with Crippen molar-refractivity contribution in [3.8, 4) is 0 Å². The van der Waals surface area contributed by atoms with Crippen molar-refractivity contribution in [2.24, 2.45) is 0 Å². The topological polar surface area (TPSA) is 32.3 Å². The molecule has 0 aliphatic carbocycles. The molecule has 22 heavy (non-hydrogen) atoms. The first-order valence-electron chi connectivity index (χ1n) is 9.78. The van der Waals surface area contributed by atoms with Gasteiger partial charge in [-0.2, -0.15) is 0 Å². The second-order valence-corrected chi connectivity index (χ2v) is 6.83. The van der Waals surface area contributed by atoms with Crippen molar-refractivity contribution in [3.05, 3.63) is 0 Å². The lowest BCUT2D eigenvalue weighted by Gasteiger charge is -2.32. The van der Waals surface area contributed by atoms with Crippen LogP contribution in [0.15, 0.2) is 0 Å². The lowest BCUT2D eigenvalue weighted by atomic mass is 10.0. The van der Waals surface area contributed by atoms with Crippen molar-refractivity contribution in [3.63, 3.8) is 0 Å². The zero-order valence-corrected chi connectivity index (χ0v) is 14.8. The fraction of sp³-hybridized carbons (Fsp3) is 0.947. The number of hydrogen-bond donors (Lipinski definition) is 1. The molecule has 1 saturated heterocycles. The molecule has 1 aliphatic heterocycles. The van der Waals surface area contributed by atoms with Crippen molar-refractivity contribution in [1.82, 2.24) is 10.2 Å². The van der Waals surface area contributed by atoms with E-state index in [4.69, 9.17) is 0 Å². The normalized spacial score (nSPS) is 19.4. The van der Waals surface area contributed by atoms with Crippen LogP contribution in [0.3, 0.4) is 0 Å². The fourth-order valence-electron chi connectivity index (χ4n) is 3.34. The van der Waals surface area contributed by atoms with Crippen LogP contribution in [0.1, 0.15) is 84.0 Å². The minimum Gasteiger partial charge on any atom is -0.313 e. The first-order chi connectivity index (χ1) is 10.9. The molecule has 0 amide bonds. The van der Waals surface area contributed by atoms with Gasteiger partial charge in [-0.25, -0.2) is 0 Å². The number of unbranched alkanes of at least 4 members (excludes halogenated alkanes) is 11. The van der Waals surface area contributed by atoms with Crippen molar-refractivity contribution >= 4 is 6.29 Å². The Morgan fingerprint density at radius 1 is 0.909 bits per heavy atom. The average molecular weight is 311 g/mol. The molecule has 3 heteroatoms. The van der Waals surface area contributed by atoms with Crippen LogP contribution in [0, 0.1) is 0 Å². The number of hydrogen-bond acceptors (Lipinski definition) is 3. The maximum atomic E-state index is 11.0. The van der Waals surface area contributed by atoms with Gasteiger partial charge in [0.15, 0.2) is 0 Å². The summed E-state index contributed by atoms with van der Waals surface area (Å²) in [7, 11) is 0. The summed E-state index contributed by atoms with van der Waals surface area (Å²) in [5, 5.41) is 3.29. The Morgan fingerprint density at radius 3 is 2.00 bits per heavy atom. The van der Waals surface area contributed by atoms with Crippen LogP contribution < -0.4 is 5.32 Å². The monoisotopic (exact) mass is 310 g/mol. The Bertz CT molecular complexity index is 258. The van der Waals surface area contributed by atoms with E-state index < -0.39 is 0 Å². The largest absolute Gasteiger partial charge is 0.313 e. The molecular formula is C19H38N2O. The third-order valence-electron chi connectivity index (χ3n) is 4.85. The summed E-state index contributed by atoms with van der Waals surface area (Å²) in [5.74, 6) is 0. The van der Waals surface area contributed by atoms with Crippen LogP contribution in [0.5, 0.6) is 0 Å². The number of nitrogens with one attached hydrogen (secondary N) is 1. The molecule has 0 aromatic rings. The van der Waals surface area contributed by atoms with Gasteiger partial charge in [-0.15, -0.1) is 0 Å². The number of carbonyl (C=O) groups is 1. The highest BCUT2D eigenvalue weighted by Gasteiger charge is 2.20. The van der Waals surface area contributed by atoms with E-state index in [1.54, 1.807) is 0 Å². The van der Waals surface area contributed by atoms with E-state index in [2.05, 4.69) is 17.1 Å². The molecule has 1 aliphatic rings. The molecule has 1 fully saturated rings. The summed E-state index contributed by atoms with van der Waals surface area (Å²) >= 11 is 0. The highest BCUT2D eigenvalue weighted by molar-refractivity contribution is 5.58. The van der Waals surface area contributed by atoms with E-state index in [9.17, 15) is 4.79 Å². The molecule has 0 saturated carbocycles. The SMILES string of the molecule is CCCCCCCCCCCCCCN1CCNCC1C=O. The number of carbonyl (C=O) groups excluding carboxylic acids is 1. The van der Waals surface area contributed by atoms with Gasteiger partial charge in [0.2, 0.25) is 0 Å². The van der Waals surface area contributed by atoms with Gasteiger partial charge in [-0.1, -0.05) is 77.6 Å². The van der Waals surface area contributed by atoms with Crippen LogP contribution in [0.4, 0.5) is 0 Å². The lowest BCUT2D eigenvalue weighted by molar-refractivity contribution is -0.113. The molecule has 0 bridgehead atoms. The molecule has 0 radical (unpaired) electrons. The quantitative estimate of drug-likeness (QED) is 0.386. The fourth-order valence-corrected chi connectivity index (χ4v) is 3.34. The maximum Gasteiger partial charge on any atom is 0.138 e. The van der Waals surface area contributed by atoms with E-state index in [1.807, 2.05) is 0 Å². The number of nitrogens with zero attached hydrogens (tertiary/aromatic N) is 1. The van der Waals surface area contributed by atoms with Crippen molar-refractivity contribution in [2.45, 2.75) is 90.0 Å². The minimum absolute atomic E-state index is 0.112. The predicted molar refractivity (Wildman–Crippen MR) is 95.4 cm³/mol. The predicted octanol–water partition coefficient (Wildman–Crippen LogP) is 4.16. The molecule has 1 N–H and O–H groups in total. The lowest BCUT2D eigenvalue weighted by Crippen LogP contribution is -2.52. The average Bonchev–Trinajstić information content (AvgIpc) is 2.56. The van der Waals surface area contributed by atoms with E-state index in [0.29, 0.717) is 0 Å². The van der Waals surface area contributed by atoms with Gasteiger partial charge in [-0.05, 0) is 13.0 Å². The summed E-state index contributed by atoms with van der Waals surface area (Å²) in [6.45, 7) is 6.27.